The Balaban J connectivity index is 1.50. The number of carbonyl (C=O) groups excluding carboxylic acids is 2. The fourth-order valence-electron chi connectivity index (χ4n) is 4.25. The van der Waals surface area contributed by atoms with Crippen LogP contribution in [-0.4, -0.2) is 41.3 Å². The maximum absolute atomic E-state index is 13.2. The van der Waals surface area contributed by atoms with E-state index in [1.54, 1.807) is 40.6 Å². The zero-order valence-electron chi connectivity index (χ0n) is 18.0. The van der Waals surface area contributed by atoms with E-state index < -0.39 is 5.41 Å². The summed E-state index contributed by atoms with van der Waals surface area (Å²) in [6.07, 6.45) is 5.19. The second kappa shape index (κ2) is 9.92. The van der Waals surface area contributed by atoms with Crippen LogP contribution in [0.4, 0.5) is 0 Å². The van der Waals surface area contributed by atoms with Crippen molar-refractivity contribution in [3.8, 4) is 10.4 Å². The molecular weight excluding hydrogens is 418 g/mol. The third-order valence-electron chi connectivity index (χ3n) is 6.08. The smallest absolute Gasteiger partial charge is 0.272 e. The fourth-order valence-corrected chi connectivity index (χ4v) is 4.98. The number of carbonyl (C=O) groups is 2. The second-order valence-corrected chi connectivity index (χ2v) is 9.08. The van der Waals surface area contributed by atoms with Crippen molar-refractivity contribution < 1.29 is 9.59 Å². The van der Waals surface area contributed by atoms with Gasteiger partial charge in [-0.25, -0.2) is 0 Å². The monoisotopic (exact) mass is 445 g/mol. The number of aromatic nitrogens is 1. The molecule has 2 aromatic heterocycles. The fraction of sp³-hybridized carbons (Fsp3) is 0.269. The van der Waals surface area contributed by atoms with Gasteiger partial charge in [0.1, 0.15) is 5.69 Å². The van der Waals surface area contributed by atoms with Gasteiger partial charge in [0.15, 0.2) is 0 Å². The van der Waals surface area contributed by atoms with E-state index in [4.69, 9.17) is 0 Å². The highest BCUT2D eigenvalue weighted by Gasteiger charge is 2.42. The number of likely N-dealkylation sites (tertiary alicyclic amines) is 1. The van der Waals surface area contributed by atoms with Crippen LogP contribution in [0.3, 0.4) is 0 Å². The summed E-state index contributed by atoms with van der Waals surface area (Å²) in [7, 11) is 0. The molecule has 1 aliphatic rings. The van der Waals surface area contributed by atoms with Gasteiger partial charge >= 0.3 is 0 Å². The van der Waals surface area contributed by atoms with Gasteiger partial charge in [-0.2, -0.15) is 0 Å². The summed E-state index contributed by atoms with van der Waals surface area (Å²) in [4.78, 5) is 33.2. The highest BCUT2D eigenvalue weighted by Crippen LogP contribution is 2.36. The minimum Gasteiger partial charge on any atom is -0.352 e. The first-order valence-electron chi connectivity index (χ1n) is 10.8. The van der Waals surface area contributed by atoms with Crippen LogP contribution in [0.2, 0.25) is 0 Å². The lowest BCUT2D eigenvalue weighted by molar-refractivity contribution is -0.133. The van der Waals surface area contributed by atoms with Crippen LogP contribution in [0, 0.1) is 5.41 Å². The summed E-state index contributed by atoms with van der Waals surface area (Å²) < 4.78 is 0. The van der Waals surface area contributed by atoms with Gasteiger partial charge in [0.25, 0.3) is 5.91 Å². The third kappa shape index (κ3) is 4.81. The van der Waals surface area contributed by atoms with Crippen molar-refractivity contribution in [2.24, 2.45) is 5.41 Å². The van der Waals surface area contributed by atoms with Crippen LogP contribution < -0.4 is 5.32 Å². The van der Waals surface area contributed by atoms with Crippen molar-refractivity contribution in [3.63, 3.8) is 0 Å². The Morgan fingerprint density at radius 1 is 1.09 bits per heavy atom. The SMILES string of the molecule is C=CCNC(=O)C1(Cc2ccc(-c3cccs3)cc2)CCN(C(=O)c2ccccn2)CC1. The summed E-state index contributed by atoms with van der Waals surface area (Å²) >= 11 is 1.72. The lowest BCUT2D eigenvalue weighted by atomic mass is 9.72. The van der Waals surface area contributed by atoms with E-state index in [-0.39, 0.29) is 11.8 Å². The first-order valence-corrected chi connectivity index (χ1v) is 11.7. The molecule has 1 aliphatic heterocycles. The molecule has 0 saturated carbocycles. The molecule has 5 nitrogen and oxygen atoms in total. The van der Waals surface area contributed by atoms with Crippen molar-refractivity contribution in [1.82, 2.24) is 15.2 Å². The molecule has 1 aromatic carbocycles. The number of benzene rings is 1. The Morgan fingerprint density at radius 2 is 1.88 bits per heavy atom. The number of thiophene rings is 1. The molecule has 0 aliphatic carbocycles. The molecule has 32 heavy (non-hydrogen) atoms. The lowest BCUT2D eigenvalue weighted by Gasteiger charge is -2.40. The molecule has 0 radical (unpaired) electrons. The average molecular weight is 446 g/mol. The van der Waals surface area contributed by atoms with Crippen molar-refractivity contribution in [3.05, 3.63) is 90.1 Å². The van der Waals surface area contributed by atoms with Crippen LogP contribution in [0.1, 0.15) is 28.9 Å². The minimum atomic E-state index is -0.547. The zero-order chi connectivity index (χ0) is 22.4. The number of piperidine rings is 1. The molecular formula is C26H27N3O2S. The highest BCUT2D eigenvalue weighted by atomic mass is 32.1. The van der Waals surface area contributed by atoms with Crippen LogP contribution in [0.5, 0.6) is 0 Å². The van der Waals surface area contributed by atoms with E-state index in [1.807, 2.05) is 12.1 Å². The maximum Gasteiger partial charge on any atom is 0.272 e. The highest BCUT2D eigenvalue weighted by molar-refractivity contribution is 7.13. The van der Waals surface area contributed by atoms with Gasteiger partial charge in [0.2, 0.25) is 5.91 Å². The zero-order valence-corrected chi connectivity index (χ0v) is 18.8. The Hall–Kier alpha value is -3.25. The van der Waals surface area contributed by atoms with Gasteiger partial charge in [-0.15, -0.1) is 17.9 Å². The first-order chi connectivity index (χ1) is 15.6. The van der Waals surface area contributed by atoms with E-state index in [9.17, 15) is 9.59 Å². The summed E-state index contributed by atoms with van der Waals surface area (Å²) in [6, 6.07) is 18.0. The molecule has 1 saturated heterocycles. The molecule has 6 heteroatoms. The lowest BCUT2D eigenvalue weighted by Crippen LogP contribution is -2.51. The van der Waals surface area contributed by atoms with Crippen LogP contribution >= 0.6 is 11.3 Å². The summed E-state index contributed by atoms with van der Waals surface area (Å²) in [6.45, 7) is 5.22. The molecule has 0 atom stereocenters. The van der Waals surface area contributed by atoms with Crippen LogP contribution in [-0.2, 0) is 11.2 Å². The normalized spacial score (nSPS) is 15.2. The number of rotatable bonds is 7. The van der Waals surface area contributed by atoms with Crippen LogP contribution in [0.15, 0.2) is 78.8 Å². The summed E-state index contributed by atoms with van der Waals surface area (Å²) in [5, 5.41) is 5.07. The molecule has 1 N–H and O–H groups in total. The van der Waals surface area contributed by atoms with Gasteiger partial charge in [0.05, 0.1) is 5.41 Å². The predicted molar refractivity (Wildman–Crippen MR) is 128 cm³/mol. The number of pyridine rings is 1. The molecule has 0 unspecified atom stereocenters. The minimum absolute atomic E-state index is 0.0321. The van der Waals surface area contributed by atoms with Crippen molar-refractivity contribution in [2.75, 3.05) is 19.6 Å². The van der Waals surface area contributed by atoms with Crippen molar-refractivity contribution in [2.45, 2.75) is 19.3 Å². The van der Waals surface area contributed by atoms with E-state index in [0.717, 1.165) is 5.56 Å². The molecule has 2 amide bonds. The Kier molecular flexibility index (Phi) is 6.81. The van der Waals surface area contributed by atoms with Gasteiger partial charge in [-0.05, 0) is 54.0 Å². The van der Waals surface area contributed by atoms with E-state index >= 15 is 0 Å². The second-order valence-electron chi connectivity index (χ2n) is 8.14. The Bertz CT molecular complexity index is 1050. The standard InChI is InChI=1S/C26H27N3O2S/c1-2-14-28-25(31)26(19-20-8-10-21(11-9-20)23-7-5-18-32-23)12-16-29(17-13-26)24(30)22-6-3-4-15-27-22/h2-11,15,18H,1,12-14,16-17,19H2,(H,28,31). The number of nitrogens with one attached hydrogen (secondary N) is 1. The molecule has 0 spiro atoms. The summed E-state index contributed by atoms with van der Waals surface area (Å²) in [5.74, 6) is -0.0457. The molecule has 164 valence electrons. The average Bonchev–Trinajstić information content (AvgIpc) is 3.38. The van der Waals surface area contributed by atoms with E-state index in [2.05, 4.69) is 52.6 Å². The quantitative estimate of drug-likeness (QED) is 0.542. The number of nitrogens with zero attached hydrogens (tertiary/aromatic N) is 2. The Labute approximate surface area is 192 Å². The largest absolute Gasteiger partial charge is 0.352 e. The van der Waals surface area contributed by atoms with Gasteiger partial charge in [0, 0.05) is 30.7 Å². The van der Waals surface area contributed by atoms with Gasteiger partial charge < -0.3 is 10.2 Å². The first kappa shape index (κ1) is 22.0. The van der Waals surface area contributed by atoms with Gasteiger partial charge in [-0.1, -0.05) is 42.5 Å². The Morgan fingerprint density at radius 3 is 2.50 bits per heavy atom. The number of hydrogen-bond donors (Lipinski definition) is 1. The molecule has 3 heterocycles. The number of hydrogen-bond acceptors (Lipinski definition) is 4. The topological polar surface area (TPSA) is 62.3 Å². The third-order valence-corrected chi connectivity index (χ3v) is 7.00. The van der Waals surface area contributed by atoms with Crippen molar-refractivity contribution in [1.29, 1.82) is 0 Å². The predicted octanol–water partition coefficient (Wildman–Crippen LogP) is 4.58. The molecule has 0 bridgehead atoms. The van der Waals surface area contributed by atoms with Crippen LogP contribution in [0.25, 0.3) is 10.4 Å². The molecule has 1 fully saturated rings. The van der Waals surface area contributed by atoms with Gasteiger partial charge in [-0.3, -0.25) is 14.6 Å². The number of amides is 2. The molecule has 3 aromatic rings. The molecule has 4 rings (SSSR count). The van der Waals surface area contributed by atoms with E-state index in [1.165, 1.54) is 10.4 Å². The van der Waals surface area contributed by atoms with Crippen molar-refractivity contribution >= 4 is 23.2 Å². The summed E-state index contributed by atoms with van der Waals surface area (Å²) in [5.41, 5.74) is 2.21. The van der Waals surface area contributed by atoms with E-state index in [0.29, 0.717) is 44.6 Å². The maximum atomic E-state index is 13.2.